The number of methoxy groups -OCH3 is 2. The summed E-state index contributed by atoms with van der Waals surface area (Å²) in [5, 5.41) is 0. The molecule has 0 aromatic rings. The minimum atomic E-state index is -0.285. The second-order valence-corrected chi connectivity index (χ2v) is 5.92. The molecule has 0 aliphatic carbocycles. The third-order valence-electron chi connectivity index (χ3n) is 3.65. The van der Waals surface area contributed by atoms with Crippen molar-refractivity contribution in [3.63, 3.8) is 0 Å². The molecular formula is C18H34O8. The predicted molar refractivity (Wildman–Crippen MR) is 94.9 cm³/mol. The number of esters is 2. The summed E-state index contributed by atoms with van der Waals surface area (Å²) >= 11 is 0. The van der Waals surface area contributed by atoms with Crippen LogP contribution in [0.3, 0.4) is 0 Å². The van der Waals surface area contributed by atoms with Gasteiger partial charge in [-0.15, -0.1) is 0 Å². The van der Waals surface area contributed by atoms with Crippen molar-refractivity contribution in [2.45, 2.75) is 26.7 Å². The third kappa shape index (κ3) is 14.0. The molecule has 0 saturated carbocycles. The molecule has 0 aromatic carbocycles. The van der Waals surface area contributed by atoms with Crippen molar-refractivity contribution in [1.29, 1.82) is 0 Å². The molecule has 0 aliphatic heterocycles. The average molecular weight is 378 g/mol. The fraction of sp³-hybridized carbons (Fsp3) is 0.889. The van der Waals surface area contributed by atoms with Crippen LogP contribution in [-0.2, 0) is 38.0 Å². The van der Waals surface area contributed by atoms with E-state index in [2.05, 4.69) is 0 Å². The maximum Gasteiger partial charge on any atom is 0.308 e. The molecule has 2 unspecified atom stereocenters. The summed E-state index contributed by atoms with van der Waals surface area (Å²) in [6.07, 6.45) is 1.12. The van der Waals surface area contributed by atoms with E-state index in [0.717, 1.165) is 0 Å². The van der Waals surface area contributed by atoms with E-state index in [1.165, 1.54) is 0 Å². The first kappa shape index (κ1) is 24.8. The largest absolute Gasteiger partial charge is 0.463 e. The van der Waals surface area contributed by atoms with E-state index in [9.17, 15) is 9.59 Å². The summed E-state index contributed by atoms with van der Waals surface area (Å²) in [6.45, 7) is 6.66. The fourth-order valence-electron chi connectivity index (χ4n) is 1.91. The van der Waals surface area contributed by atoms with Crippen molar-refractivity contribution in [2.24, 2.45) is 11.8 Å². The first-order valence-electron chi connectivity index (χ1n) is 8.99. The van der Waals surface area contributed by atoms with Crippen molar-refractivity contribution >= 4 is 11.9 Å². The van der Waals surface area contributed by atoms with Gasteiger partial charge < -0.3 is 28.4 Å². The topological polar surface area (TPSA) is 89.5 Å². The van der Waals surface area contributed by atoms with Gasteiger partial charge in [-0.05, 0) is 12.8 Å². The normalized spacial score (nSPS) is 13.2. The van der Waals surface area contributed by atoms with Crippen LogP contribution in [0, 0.1) is 11.8 Å². The highest BCUT2D eigenvalue weighted by Crippen LogP contribution is 2.15. The molecule has 0 N–H and O–H groups in total. The molecule has 8 heteroatoms. The summed E-state index contributed by atoms with van der Waals surface area (Å²) < 4.78 is 30.4. The van der Waals surface area contributed by atoms with Crippen LogP contribution in [0.5, 0.6) is 0 Å². The van der Waals surface area contributed by atoms with Crippen molar-refractivity contribution in [2.75, 3.05) is 67.1 Å². The van der Waals surface area contributed by atoms with Crippen molar-refractivity contribution in [1.82, 2.24) is 0 Å². The van der Waals surface area contributed by atoms with E-state index in [1.807, 2.05) is 0 Å². The molecular weight excluding hydrogens is 344 g/mol. The minimum absolute atomic E-state index is 0.216. The van der Waals surface area contributed by atoms with Gasteiger partial charge in [-0.25, -0.2) is 0 Å². The molecule has 0 amide bonds. The lowest BCUT2D eigenvalue weighted by molar-refractivity contribution is -0.152. The highest BCUT2D eigenvalue weighted by molar-refractivity contribution is 5.73. The van der Waals surface area contributed by atoms with Crippen LogP contribution in [0.2, 0.25) is 0 Å². The summed E-state index contributed by atoms with van der Waals surface area (Å²) in [5.41, 5.74) is 0. The standard InChI is InChI=1S/C18H34O8/c1-15(17(19)25-13-11-23-9-7-21-3)5-6-16(2)18(20)26-14-12-24-10-8-22-4/h15-16H,5-14H2,1-4H3. The average Bonchev–Trinajstić information content (AvgIpc) is 2.64. The lowest BCUT2D eigenvalue weighted by Crippen LogP contribution is -2.21. The summed E-state index contributed by atoms with van der Waals surface area (Å²) in [4.78, 5) is 23.7. The number of carbonyl (C=O) groups excluding carboxylic acids is 2. The summed E-state index contributed by atoms with van der Waals surface area (Å²) in [5.74, 6) is -1.12. The highest BCUT2D eigenvalue weighted by Gasteiger charge is 2.19. The zero-order valence-electron chi connectivity index (χ0n) is 16.5. The Balaban J connectivity index is 3.72. The Morgan fingerprint density at radius 3 is 1.31 bits per heavy atom. The van der Waals surface area contributed by atoms with Gasteiger partial charge in [-0.1, -0.05) is 13.8 Å². The van der Waals surface area contributed by atoms with Crippen molar-refractivity contribution in [3.05, 3.63) is 0 Å². The number of rotatable bonds is 17. The maximum absolute atomic E-state index is 11.9. The molecule has 0 saturated heterocycles. The van der Waals surface area contributed by atoms with Crippen LogP contribution in [0.1, 0.15) is 26.7 Å². The highest BCUT2D eigenvalue weighted by atomic mass is 16.6. The van der Waals surface area contributed by atoms with Gasteiger partial charge in [0.05, 0.1) is 51.5 Å². The Morgan fingerprint density at radius 2 is 0.962 bits per heavy atom. The van der Waals surface area contributed by atoms with Crippen molar-refractivity contribution < 1.29 is 38.0 Å². The van der Waals surface area contributed by atoms with E-state index in [1.54, 1.807) is 28.1 Å². The molecule has 8 nitrogen and oxygen atoms in total. The van der Waals surface area contributed by atoms with Gasteiger partial charge >= 0.3 is 11.9 Å². The SMILES string of the molecule is COCCOCCOC(=O)C(C)CCC(C)C(=O)OCCOCCOC. The molecule has 0 aliphatic rings. The number of hydrogen-bond donors (Lipinski definition) is 0. The second kappa shape index (κ2) is 17.2. The Hall–Kier alpha value is -1.22. The Labute approximate surface area is 156 Å². The Bertz CT molecular complexity index is 327. The van der Waals surface area contributed by atoms with Gasteiger partial charge in [0.1, 0.15) is 13.2 Å². The molecule has 2 atom stereocenters. The summed E-state index contributed by atoms with van der Waals surface area (Å²) in [7, 11) is 3.19. The zero-order valence-corrected chi connectivity index (χ0v) is 16.5. The van der Waals surface area contributed by atoms with Crippen LogP contribution in [0.15, 0.2) is 0 Å². The van der Waals surface area contributed by atoms with Gasteiger partial charge in [0, 0.05) is 14.2 Å². The first-order valence-corrected chi connectivity index (χ1v) is 8.99. The van der Waals surface area contributed by atoms with Crippen LogP contribution >= 0.6 is 0 Å². The van der Waals surface area contributed by atoms with Crippen LogP contribution < -0.4 is 0 Å². The number of ether oxygens (including phenoxy) is 6. The predicted octanol–water partition coefficient (Wildman–Crippen LogP) is 1.45. The minimum Gasteiger partial charge on any atom is -0.463 e. The molecule has 26 heavy (non-hydrogen) atoms. The zero-order chi connectivity index (χ0) is 19.6. The molecule has 0 bridgehead atoms. The Morgan fingerprint density at radius 1 is 0.615 bits per heavy atom. The monoisotopic (exact) mass is 378 g/mol. The second-order valence-electron chi connectivity index (χ2n) is 5.92. The van der Waals surface area contributed by atoms with Gasteiger partial charge in [0.15, 0.2) is 0 Å². The Kier molecular flexibility index (Phi) is 16.4. The molecule has 0 rings (SSSR count). The van der Waals surface area contributed by atoms with Crippen LogP contribution in [0.4, 0.5) is 0 Å². The molecule has 0 heterocycles. The van der Waals surface area contributed by atoms with E-state index in [-0.39, 0.29) is 37.0 Å². The van der Waals surface area contributed by atoms with Gasteiger partial charge in [-0.3, -0.25) is 9.59 Å². The molecule has 154 valence electrons. The molecule has 0 spiro atoms. The van der Waals surface area contributed by atoms with E-state index >= 15 is 0 Å². The fourth-order valence-corrected chi connectivity index (χ4v) is 1.91. The van der Waals surface area contributed by atoms with Crippen LogP contribution in [-0.4, -0.2) is 79.0 Å². The number of carbonyl (C=O) groups is 2. The molecule has 0 fully saturated rings. The maximum atomic E-state index is 11.9. The lowest BCUT2D eigenvalue weighted by atomic mass is 9.98. The summed E-state index contributed by atoms with van der Waals surface area (Å²) in [6, 6.07) is 0. The van der Waals surface area contributed by atoms with Gasteiger partial charge in [0.2, 0.25) is 0 Å². The smallest absolute Gasteiger partial charge is 0.308 e. The number of hydrogen-bond acceptors (Lipinski definition) is 8. The van der Waals surface area contributed by atoms with Gasteiger partial charge in [0.25, 0.3) is 0 Å². The van der Waals surface area contributed by atoms with E-state index in [0.29, 0.717) is 52.5 Å². The quantitative estimate of drug-likeness (QED) is 0.278. The lowest BCUT2D eigenvalue weighted by Gasteiger charge is -2.15. The van der Waals surface area contributed by atoms with Crippen molar-refractivity contribution in [3.8, 4) is 0 Å². The first-order chi connectivity index (χ1) is 12.5. The van der Waals surface area contributed by atoms with Crippen LogP contribution in [0.25, 0.3) is 0 Å². The van der Waals surface area contributed by atoms with E-state index < -0.39 is 0 Å². The molecule has 0 radical (unpaired) electrons. The van der Waals surface area contributed by atoms with E-state index in [4.69, 9.17) is 28.4 Å². The van der Waals surface area contributed by atoms with Gasteiger partial charge in [-0.2, -0.15) is 0 Å². The third-order valence-corrected chi connectivity index (χ3v) is 3.65. The molecule has 0 aromatic heterocycles.